The Hall–Kier alpha value is -1.62. The molecule has 1 aliphatic rings. The number of nitrogens with one attached hydrogen (secondary N) is 1. The average molecular weight is 280 g/mol. The van der Waals surface area contributed by atoms with Gasteiger partial charge in [-0.15, -0.1) is 0 Å². The summed E-state index contributed by atoms with van der Waals surface area (Å²) < 4.78 is 13.7. The highest BCUT2D eigenvalue weighted by Crippen LogP contribution is 2.31. The molecule has 0 aromatic heterocycles. The molecule has 110 valence electrons. The van der Waals surface area contributed by atoms with Gasteiger partial charge in [0, 0.05) is 24.3 Å². The molecule has 2 unspecified atom stereocenters. The van der Waals surface area contributed by atoms with Gasteiger partial charge in [-0.05, 0) is 38.0 Å². The van der Waals surface area contributed by atoms with Gasteiger partial charge in [0.25, 0.3) is 0 Å². The number of carbonyl (C=O) groups is 1. The molecule has 2 rings (SSSR count). The monoisotopic (exact) mass is 280 g/mol. The Morgan fingerprint density at radius 3 is 2.85 bits per heavy atom. The van der Waals surface area contributed by atoms with Crippen LogP contribution in [0.25, 0.3) is 0 Å². The third kappa shape index (κ3) is 2.63. The van der Waals surface area contributed by atoms with Crippen molar-refractivity contribution in [2.24, 2.45) is 0 Å². The summed E-state index contributed by atoms with van der Waals surface area (Å²) in [6.07, 6.45) is -0.107. The molecule has 1 saturated heterocycles. The number of aliphatic hydroxyl groups is 1. The van der Waals surface area contributed by atoms with E-state index in [0.717, 1.165) is 5.69 Å². The predicted octanol–water partition coefficient (Wildman–Crippen LogP) is 1.90. The lowest BCUT2D eigenvalue weighted by Gasteiger charge is -2.38. The van der Waals surface area contributed by atoms with Gasteiger partial charge in [-0.2, -0.15) is 0 Å². The van der Waals surface area contributed by atoms with Crippen LogP contribution in [0.1, 0.15) is 37.5 Å². The van der Waals surface area contributed by atoms with Crippen molar-refractivity contribution in [1.82, 2.24) is 5.32 Å². The van der Waals surface area contributed by atoms with Gasteiger partial charge < -0.3 is 15.3 Å². The first-order valence-corrected chi connectivity index (χ1v) is 6.98. The van der Waals surface area contributed by atoms with E-state index < -0.39 is 6.10 Å². The Labute approximate surface area is 118 Å². The number of benzene rings is 1. The van der Waals surface area contributed by atoms with Crippen LogP contribution in [0.2, 0.25) is 0 Å². The highest BCUT2D eigenvalue weighted by Gasteiger charge is 2.30. The number of aliphatic hydroxyl groups excluding tert-OH is 1. The lowest BCUT2D eigenvalue weighted by Crippen LogP contribution is -2.55. The maximum atomic E-state index is 13.7. The van der Waals surface area contributed by atoms with Gasteiger partial charge in [0.1, 0.15) is 11.9 Å². The Kier molecular flexibility index (Phi) is 4.28. The van der Waals surface area contributed by atoms with Gasteiger partial charge >= 0.3 is 0 Å². The molecular formula is C15H21FN2O2. The Morgan fingerprint density at radius 1 is 1.55 bits per heavy atom. The predicted molar refractivity (Wildman–Crippen MR) is 76.2 cm³/mol. The van der Waals surface area contributed by atoms with Crippen LogP contribution in [-0.4, -0.2) is 30.1 Å². The van der Waals surface area contributed by atoms with E-state index in [0.29, 0.717) is 30.6 Å². The first kappa shape index (κ1) is 14.8. The summed E-state index contributed by atoms with van der Waals surface area (Å²) in [5, 5.41) is 12.7. The Bertz CT molecular complexity index is 517. The van der Waals surface area contributed by atoms with E-state index in [-0.39, 0.29) is 17.8 Å². The summed E-state index contributed by atoms with van der Waals surface area (Å²) in [6.45, 7) is 6.47. The molecule has 2 N–H and O–H groups in total. The summed E-state index contributed by atoms with van der Waals surface area (Å²) in [6, 6.07) is 2.82. The molecule has 20 heavy (non-hydrogen) atoms. The average Bonchev–Trinajstić information content (AvgIpc) is 2.40. The molecule has 4 nitrogen and oxygen atoms in total. The van der Waals surface area contributed by atoms with Gasteiger partial charge in [0.2, 0.25) is 5.91 Å². The molecule has 2 atom stereocenters. The number of carbonyl (C=O) groups excluding carboxylic acids is 1. The number of piperazine rings is 1. The summed E-state index contributed by atoms with van der Waals surface area (Å²) in [4.78, 5) is 13.9. The van der Waals surface area contributed by atoms with E-state index in [1.165, 1.54) is 6.07 Å². The van der Waals surface area contributed by atoms with Gasteiger partial charge in [0.15, 0.2) is 0 Å². The number of halogens is 1. The van der Waals surface area contributed by atoms with Crippen LogP contribution in [0.3, 0.4) is 0 Å². The molecule has 0 aliphatic carbocycles. The molecule has 0 saturated carbocycles. The molecule has 1 aromatic carbocycles. The molecule has 0 bridgehead atoms. The summed E-state index contributed by atoms with van der Waals surface area (Å²) in [5.74, 6) is -0.351. The number of amides is 1. The summed E-state index contributed by atoms with van der Waals surface area (Å²) >= 11 is 0. The first-order valence-electron chi connectivity index (χ1n) is 6.98. The van der Waals surface area contributed by atoms with Crippen molar-refractivity contribution >= 4 is 11.6 Å². The topological polar surface area (TPSA) is 52.6 Å². The minimum atomic E-state index is -0.775. The zero-order chi connectivity index (χ0) is 14.9. The molecule has 0 radical (unpaired) electrons. The van der Waals surface area contributed by atoms with Gasteiger partial charge in [0.05, 0.1) is 6.10 Å². The number of aryl methyl sites for hydroxylation is 1. The molecule has 5 heteroatoms. The Morgan fingerprint density at radius 2 is 2.25 bits per heavy atom. The molecule has 1 amide bonds. The number of nitrogens with zero attached hydrogens (tertiary/aromatic N) is 1. The maximum Gasteiger partial charge on any atom is 0.242 e. The minimum Gasteiger partial charge on any atom is -0.389 e. The number of hydrogen-bond donors (Lipinski definition) is 2. The normalized spacial score (nSPS) is 20.8. The number of rotatable bonds is 3. The van der Waals surface area contributed by atoms with Crippen LogP contribution < -0.4 is 10.2 Å². The van der Waals surface area contributed by atoms with Crippen molar-refractivity contribution in [2.45, 2.75) is 39.3 Å². The first-order chi connectivity index (χ1) is 9.45. The number of anilines is 1. The summed E-state index contributed by atoms with van der Waals surface area (Å²) in [5.41, 5.74) is 1.80. The third-order valence-corrected chi connectivity index (χ3v) is 3.78. The van der Waals surface area contributed by atoms with E-state index in [9.17, 15) is 14.3 Å². The van der Waals surface area contributed by atoms with Crippen LogP contribution in [0.15, 0.2) is 12.1 Å². The maximum absolute atomic E-state index is 13.7. The second kappa shape index (κ2) is 5.79. The van der Waals surface area contributed by atoms with Crippen LogP contribution in [0.5, 0.6) is 0 Å². The smallest absolute Gasteiger partial charge is 0.242 e. The van der Waals surface area contributed by atoms with Crippen molar-refractivity contribution in [1.29, 1.82) is 0 Å². The van der Waals surface area contributed by atoms with Crippen LogP contribution in [-0.2, 0) is 4.79 Å². The molecule has 1 heterocycles. The quantitative estimate of drug-likeness (QED) is 0.889. The fraction of sp³-hybridized carbons (Fsp3) is 0.533. The van der Waals surface area contributed by atoms with Crippen molar-refractivity contribution in [3.63, 3.8) is 0 Å². The fourth-order valence-corrected chi connectivity index (χ4v) is 2.67. The van der Waals surface area contributed by atoms with Gasteiger partial charge in [-0.3, -0.25) is 4.79 Å². The summed E-state index contributed by atoms with van der Waals surface area (Å²) in [7, 11) is 0. The number of hydrogen-bond acceptors (Lipinski definition) is 3. The Balaban J connectivity index is 2.49. The van der Waals surface area contributed by atoms with Gasteiger partial charge in [-0.25, -0.2) is 4.39 Å². The lowest BCUT2D eigenvalue weighted by atomic mass is 10.0. The van der Waals surface area contributed by atoms with Crippen molar-refractivity contribution in [2.75, 3.05) is 18.0 Å². The molecule has 1 aliphatic heterocycles. The minimum absolute atomic E-state index is 0.0164. The SMILES string of the molecule is CCC1C(=O)NCCN1c1cc(C)c(F)cc1C(C)O. The largest absolute Gasteiger partial charge is 0.389 e. The van der Waals surface area contributed by atoms with Crippen LogP contribution in [0, 0.1) is 12.7 Å². The second-order valence-corrected chi connectivity index (χ2v) is 5.24. The van der Waals surface area contributed by atoms with E-state index in [1.807, 2.05) is 11.8 Å². The van der Waals surface area contributed by atoms with Crippen LogP contribution >= 0.6 is 0 Å². The zero-order valence-corrected chi connectivity index (χ0v) is 12.1. The molecule has 0 spiro atoms. The van der Waals surface area contributed by atoms with E-state index in [2.05, 4.69) is 5.32 Å². The molecular weight excluding hydrogens is 259 g/mol. The van der Waals surface area contributed by atoms with E-state index >= 15 is 0 Å². The van der Waals surface area contributed by atoms with Crippen LogP contribution in [0.4, 0.5) is 10.1 Å². The highest BCUT2D eigenvalue weighted by atomic mass is 19.1. The van der Waals surface area contributed by atoms with Crippen molar-refractivity contribution in [3.05, 3.63) is 29.1 Å². The fourth-order valence-electron chi connectivity index (χ4n) is 2.67. The highest BCUT2D eigenvalue weighted by molar-refractivity contribution is 5.87. The van der Waals surface area contributed by atoms with E-state index in [1.54, 1.807) is 19.9 Å². The molecule has 1 aromatic rings. The standard InChI is InChI=1S/C15H21FN2O2/c1-4-13-15(20)17-5-6-18(13)14-7-9(2)12(16)8-11(14)10(3)19/h7-8,10,13,19H,4-6H2,1-3H3,(H,17,20). The third-order valence-electron chi connectivity index (χ3n) is 3.78. The van der Waals surface area contributed by atoms with E-state index in [4.69, 9.17) is 0 Å². The van der Waals surface area contributed by atoms with Gasteiger partial charge in [-0.1, -0.05) is 6.92 Å². The zero-order valence-electron chi connectivity index (χ0n) is 12.1. The van der Waals surface area contributed by atoms with Crippen molar-refractivity contribution < 1.29 is 14.3 Å². The lowest BCUT2D eigenvalue weighted by molar-refractivity contribution is -0.123. The molecule has 1 fully saturated rings. The van der Waals surface area contributed by atoms with Crippen molar-refractivity contribution in [3.8, 4) is 0 Å². The second-order valence-electron chi connectivity index (χ2n) is 5.24.